The van der Waals surface area contributed by atoms with Gasteiger partial charge < -0.3 is 15.4 Å². The highest BCUT2D eigenvalue weighted by Crippen LogP contribution is 2.19. The monoisotopic (exact) mass is 214 g/mol. The van der Waals surface area contributed by atoms with E-state index in [1.165, 1.54) is 0 Å². The summed E-state index contributed by atoms with van der Waals surface area (Å²) < 4.78 is 5.56. The molecule has 0 radical (unpaired) electrons. The second-order valence-electron chi connectivity index (χ2n) is 3.44. The van der Waals surface area contributed by atoms with Crippen molar-refractivity contribution in [1.29, 1.82) is 0 Å². The van der Waals surface area contributed by atoms with Gasteiger partial charge >= 0.3 is 0 Å². The Hall–Kier alpha value is -0.720. The summed E-state index contributed by atoms with van der Waals surface area (Å²) in [6.45, 7) is 4.37. The lowest BCUT2D eigenvalue weighted by Crippen LogP contribution is -2.49. The quantitative estimate of drug-likeness (QED) is 0.756. The van der Waals surface area contributed by atoms with Crippen LogP contribution < -0.4 is 10.6 Å². The van der Waals surface area contributed by atoms with Crippen LogP contribution >= 0.6 is 11.3 Å². The van der Waals surface area contributed by atoms with Gasteiger partial charge in [0.1, 0.15) is 5.51 Å². The molecule has 0 spiro atoms. The molecule has 5 nitrogen and oxygen atoms in total. The van der Waals surface area contributed by atoms with Gasteiger partial charge in [-0.05, 0) is 6.92 Å². The van der Waals surface area contributed by atoms with Crippen LogP contribution in [0.4, 0.5) is 5.13 Å². The van der Waals surface area contributed by atoms with Gasteiger partial charge in [0.2, 0.25) is 5.13 Å². The maximum Gasteiger partial charge on any atom is 0.208 e. The Morgan fingerprint density at radius 3 is 3.29 bits per heavy atom. The highest BCUT2D eigenvalue weighted by molar-refractivity contribution is 7.13. The van der Waals surface area contributed by atoms with Gasteiger partial charge in [0.25, 0.3) is 0 Å². The number of rotatable bonds is 2. The summed E-state index contributed by atoms with van der Waals surface area (Å²) in [5, 5.41) is 8.81. The topological polar surface area (TPSA) is 64.3 Å². The molecule has 2 rings (SSSR count). The lowest BCUT2D eigenvalue weighted by Gasteiger charge is -2.34. The Kier molecular flexibility index (Phi) is 2.95. The zero-order valence-electron chi connectivity index (χ0n) is 8.09. The summed E-state index contributed by atoms with van der Waals surface area (Å²) in [5.74, 6) is 0. The van der Waals surface area contributed by atoms with E-state index in [2.05, 4.69) is 15.1 Å². The average molecular weight is 214 g/mol. The first-order valence-electron chi connectivity index (χ1n) is 4.65. The molecule has 1 fully saturated rings. The number of nitrogens with two attached hydrogens (primary N) is 1. The van der Waals surface area contributed by atoms with Crippen LogP contribution in [-0.4, -0.2) is 42.0 Å². The van der Waals surface area contributed by atoms with Gasteiger partial charge in [0, 0.05) is 19.1 Å². The second-order valence-corrected chi connectivity index (χ2v) is 4.25. The number of hydrogen-bond acceptors (Lipinski definition) is 6. The molecule has 78 valence electrons. The number of morpholine rings is 1. The van der Waals surface area contributed by atoms with Crippen molar-refractivity contribution in [2.75, 3.05) is 24.6 Å². The Balaban J connectivity index is 2.01. The van der Waals surface area contributed by atoms with Crippen LogP contribution in [0.25, 0.3) is 0 Å². The van der Waals surface area contributed by atoms with E-state index in [-0.39, 0.29) is 12.1 Å². The van der Waals surface area contributed by atoms with Crippen LogP contribution in [-0.2, 0) is 4.74 Å². The van der Waals surface area contributed by atoms with Crippen LogP contribution in [0.5, 0.6) is 0 Å². The predicted molar refractivity (Wildman–Crippen MR) is 55.5 cm³/mol. The molecule has 2 N–H and O–H groups in total. The molecule has 0 bridgehead atoms. The standard InChI is InChI=1S/C8H14N4OS/c1-6(9)7-4-12(2-3-13-7)8-11-10-5-14-8/h5-7H,2-4,9H2,1H3. The number of nitrogens with zero attached hydrogens (tertiary/aromatic N) is 3. The van der Waals surface area contributed by atoms with E-state index in [4.69, 9.17) is 10.5 Å². The Labute approximate surface area is 86.9 Å². The van der Waals surface area contributed by atoms with E-state index in [0.717, 1.165) is 18.2 Å². The number of anilines is 1. The molecule has 1 aromatic heterocycles. The molecule has 0 saturated carbocycles. The van der Waals surface area contributed by atoms with Gasteiger partial charge in [-0.2, -0.15) is 0 Å². The van der Waals surface area contributed by atoms with Crippen molar-refractivity contribution in [3.8, 4) is 0 Å². The molecular weight excluding hydrogens is 200 g/mol. The van der Waals surface area contributed by atoms with E-state index in [1.54, 1.807) is 16.8 Å². The van der Waals surface area contributed by atoms with Gasteiger partial charge in [-0.1, -0.05) is 11.3 Å². The third-order valence-corrected chi connectivity index (χ3v) is 3.05. The molecule has 0 aliphatic carbocycles. The summed E-state index contributed by atoms with van der Waals surface area (Å²) in [6.07, 6.45) is 0.104. The third kappa shape index (κ3) is 2.02. The molecule has 0 aromatic carbocycles. The Morgan fingerprint density at radius 1 is 1.79 bits per heavy atom. The maximum absolute atomic E-state index is 5.80. The molecule has 2 heterocycles. The molecule has 2 atom stereocenters. The highest BCUT2D eigenvalue weighted by Gasteiger charge is 2.24. The summed E-state index contributed by atoms with van der Waals surface area (Å²) in [6, 6.07) is 0.0609. The van der Waals surface area contributed by atoms with E-state index in [1.807, 2.05) is 6.92 Å². The molecule has 6 heteroatoms. The summed E-state index contributed by atoms with van der Waals surface area (Å²) in [7, 11) is 0. The zero-order chi connectivity index (χ0) is 9.97. The van der Waals surface area contributed by atoms with Crippen LogP contribution in [0.1, 0.15) is 6.92 Å². The first-order valence-corrected chi connectivity index (χ1v) is 5.53. The van der Waals surface area contributed by atoms with Crippen LogP contribution in [0.2, 0.25) is 0 Å². The fourth-order valence-electron chi connectivity index (χ4n) is 1.47. The highest BCUT2D eigenvalue weighted by atomic mass is 32.1. The molecule has 14 heavy (non-hydrogen) atoms. The molecular formula is C8H14N4OS. The molecule has 2 unspecified atom stereocenters. The minimum absolute atomic E-state index is 0.0609. The predicted octanol–water partition coefficient (Wildman–Crippen LogP) is 0.0905. The number of aromatic nitrogens is 2. The van der Waals surface area contributed by atoms with Gasteiger partial charge in [0.05, 0.1) is 12.7 Å². The molecule has 0 amide bonds. The van der Waals surface area contributed by atoms with Crippen molar-refractivity contribution in [3.05, 3.63) is 5.51 Å². The van der Waals surface area contributed by atoms with Crippen molar-refractivity contribution in [2.45, 2.75) is 19.1 Å². The van der Waals surface area contributed by atoms with Crippen LogP contribution in [0.15, 0.2) is 5.51 Å². The van der Waals surface area contributed by atoms with Gasteiger partial charge in [0.15, 0.2) is 0 Å². The van der Waals surface area contributed by atoms with E-state index in [9.17, 15) is 0 Å². The van der Waals surface area contributed by atoms with Crippen molar-refractivity contribution in [1.82, 2.24) is 10.2 Å². The fourth-order valence-corrected chi connectivity index (χ4v) is 2.07. The van der Waals surface area contributed by atoms with Gasteiger partial charge in [-0.15, -0.1) is 10.2 Å². The largest absolute Gasteiger partial charge is 0.373 e. The first-order chi connectivity index (χ1) is 6.77. The molecule has 1 aliphatic heterocycles. The number of ether oxygens (including phenoxy) is 1. The maximum atomic E-state index is 5.80. The minimum atomic E-state index is 0.0609. The van der Waals surface area contributed by atoms with Crippen LogP contribution in [0, 0.1) is 0 Å². The minimum Gasteiger partial charge on any atom is -0.373 e. The van der Waals surface area contributed by atoms with Gasteiger partial charge in [-0.3, -0.25) is 0 Å². The van der Waals surface area contributed by atoms with E-state index in [0.29, 0.717) is 6.61 Å². The normalized spacial score (nSPS) is 25.0. The van der Waals surface area contributed by atoms with E-state index < -0.39 is 0 Å². The molecule has 1 aromatic rings. The fraction of sp³-hybridized carbons (Fsp3) is 0.750. The van der Waals surface area contributed by atoms with Crippen molar-refractivity contribution in [2.24, 2.45) is 5.73 Å². The average Bonchev–Trinajstić information content (AvgIpc) is 2.71. The first kappa shape index (κ1) is 9.82. The summed E-state index contributed by atoms with van der Waals surface area (Å²) >= 11 is 1.55. The summed E-state index contributed by atoms with van der Waals surface area (Å²) in [5.41, 5.74) is 7.54. The van der Waals surface area contributed by atoms with Crippen molar-refractivity contribution >= 4 is 16.5 Å². The number of hydrogen-bond donors (Lipinski definition) is 1. The Bertz CT molecular complexity index is 277. The van der Waals surface area contributed by atoms with Crippen molar-refractivity contribution in [3.63, 3.8) is 0 Å². The van der Waals surface area contributed by atoms with Gasteiger partial charge in [-0.25, -0.2) is 0 Å². The lowest BCUT2D eigenvalue weighted by molar-refractivity contribution is 0.0275. The molecule has 1 aliphatic rings. The Morgan fingerprint density at radius 2 is 2.64 bits per heavy atom. The van der Waals surface area contributed by atoms with Crippen LogP contribution in [0.3, 0.4) is 0 Å². The van der Waals surface area contributed by atoms with E-state index >= 15 is 0 Å². The second kappa shape index (κ2) is 4.20. The summed E-state index contributed by atoms with van der Waals surface area (Å²) in [4.78, 5) is 2.18. The zero-order valence-corrected chi connectivity index (χ0v) is 8.91. The smallest absolute Gasteiger partial charge is 0.208 e. The molecule has 1 saturated heterocycles. The lowest BCUT2D eigenvalue weighted by atomic mass is 10.1. The van der Waals surface area contributed by atoms with Crippen molar-refractivity contribution < 1.29 is 4.74 Å². The SMILES string of the molecule is CC(N)C1CN(c2nncs2)CCO1. The third-order valence-electron chi connectivity index (χ3n) is 2.30.